The average Bonchev–Trinajstić information content (AvgIpc) is 2.90. The second kappa shape index (κ2) is 8.58. The van der Waals surface area contributed by atoms with Crippen LogP contribution >= 0.6 is 0 Å². The van der Waals surface area contributed by atoms with Crippen molar-refractivity contribution in [3.8, 4) is 11.5 Å². The highest BCUT2D eigenvalue weighted by atomic mass is 16.6. The molecule has 28 heavy (non-hydrogen) atoms. The first-order valence-corrected chi connectivity index (χ1v) is 9.74. The van der Waals surface area contributed by atoms with E-state index in [1.165, 1.54) is 0 Å². The summed E-state index contributed by atoms with van der Waals surface area (Å²) in [6.07, 6.45) is 0.577. The van der Waals surface area contributed by atoms with Crippen molar-refractivity contribution in [1.82, 2.24) is 9.80 Å². The first-order chi connectivity index (χ1) is 13.3. The van der Waals surface area contributed by atoms with Crippen molar-refractivity contribution >= 4 is 12.1 Å². The van der Waals surface area contributed by atoms with E-state index in [4.69, 9.17) is 19.9 Å². The number of carbonyl (C=O) groups is 1. The number of piperazine rings is 1. The van der Waals surface area contributed by atoms with Gasteiger partial charge in [0.15, 0.2) is 17.5 Å². The molecule has 2 aliphatic heterocycles. The molecule has 0 radical (unpaired) electrons. The molecule has 0 atom stereocenters. The quantitative estimate of drug-likeness (QED) is 0.615. The molecule has 1 saturated heterocycles. The lowest BCUT2D eigenvalue weighted by molar-refractivity contribution is 0.0186. The van der Waals surface area contributed by atoms with Crippen LogP contribution in [0.5, 0.6) is 11.5 Å². The van der Waals surface area contributed by atoms with E-state index in [2.05, 4.69) is 4.99 Å². The number of hydrogen-bond acceptors (Lipinski definition) is 5. The number of nitrogens with zero attached hydrogens (tertiary/aromatic N) is 3. The summed E-state index contributed by atoms with van der Waals surface area (Å²) in [4.78, 5) is 20.4. The van der Waals surface area contributed by atoms with Gasteiger partial charge in [-0.05, 0) is 26.8 Å². The molecule has 1 fully saturated rings. The fourth-order valence-corrected chi connectivity index (χ4v) is 3.09. The number of amides is 1. The lowest BCUT2D eigenvalue weighted by Crippen LogP contribution is -2.53. The largest absolute Gasteiger partial charge is 0.490 e. The molecule has 0 aliphatic carbocycles. The van der Waals surface area contributed by atoms with Gasteiger partial charge in [-0.15, -0.1) is 0 Å². The van der Waals surface area contributed by atoms with Crippen LogP contribution < -0.4 is 15.2 Å². The van der Waals surface area contributed by atoms with Crippen molar-refractivity contribution in [1.29, 1.82) is 0 Å². The van der Waals surface area contributed by atoms with Gasteiger partial charge in [-0.1, -0.05) is 12.1 Å². The van der Waals surface area contributed by atoms with Gasteiger partial charge in [0.05, 0.1) is 19.8 Å². The van der Waals surface area contributed by atoms with E-state index >= 15 is 0 Å². The number of carbonyl (C=O) groups excluding carboxylic acids is 1. The zero-order chi connectivity index (χ0) is 20.1. The molecule has 0 unspecified atom stereocenters. The number of para-hydroxylation sites is 1. The summed E-state index contributed by atoms with van der Waals surface area (Å²) in [5, 5.41) is 0. The highest BCUT2D eigenvalue weighted by Gasteiger charge is 2.26. The summed E-state index contributed by atoms with van der Waals surface area (Å²) in [5.74, 6) is 1.98. The highest BCUT2D eigenvalue weighted by Crippen LogP contribution is 2.33. The van der Waals surface area contributed by atoms with Gasteiger partial charge in [-0.3, -0.25) is 0 Å². The lowest BCUT2D eigenvalue weighted by Gasteiger charge is -2.36. The molecule has 154 valence electrons. The zero-order valence-corrected chi connectivity index (χ0v) is 16.9. The Hall–Kier alpha value is -2.64. The molecular weight excluding hydrogens is 360 g/mol. The van der Waals surface area contributed by atoms with E-state index in [1.54, 1.807) is 4.90 Å². The third-order valence-electron chi connectivity index (χ3n) is 4.52. The van der Waals surface area contributed by atoms with Gasteiger partial charge < -0.3 is 29.7 Å². The molecule has 0 bridgehead atoms. The molecule has 3 rings (SSSR count). The number of rotatable bonds is 2. The number of hydrogen-bond donors (Lipinski definition) is 1. The lowest BCUT2D eigenvalue weighted by atomic mass is 10.2. The number of ether oxygens (including phenoxy) is 3. The second-order valence-corrected chi connectivity index (χ2v) is 7.92. The number of fused-ring (bicyclic) bond motifs is 1. The van der Waals surface area contributed by atoms with Crippen LogP contribution in [0.1, 0.15) is 32.8 Å². The fraction of sp³-hybridized carbons (Fsp3) is 0.600. The molecule has 2 aliphatic rings. The highest BCUT2D eigenvalue weighted by molar-refractivity contribution is 5.78. The Morgan fingerprint density at radius 2 is 1.82 bits per heavy atom. The van der Waals surface area contributed by atoms with Crippen LogP contribution in [0.4, 0.5) is 4.79 Å². The minimum atomic E-state index is -0.492. The van der Waals surface area contributed by atoms with Crippen LogP contribution in [0.15, 0.2) is 23.2 Å². The van der Waals surface area contributed by atoms with Crippen LogP contribution in [-0.4, -0.2) is 66.8 Å². The Kier molecular flexibility index (Phi) is 6.16. The summed E-state index contributed by atoms with van der Waals surface area (Å²) in [5.41, 5.74) is 6.66. The first-order valence-electron chi connectivity index (χ1n) is 9.74. The van der Waals surface area contributed by atoms with Gasteiger partial charge in [0.1, 0.15) is 5.60 Å². The van der Waals surface area contributed by atoms with Crippen molar-refractivity contribution in [2.75, 3.05) is 39.4 Å². The van der Waals surface area contributed by atoms with Crippen LogP contribution in [0.25, 0.3) is 0 Å². The molecule has 2 heterocycles. The van der Waals surface area contributed by atoms with Gasteiger partial charge >= 0.3 is 6.09 Å². The van der Waals surface area contributed by atoms with Crippen molar-refractivity contribution in [2.24, 2.45) is 10.7 Å². The van der Waals surface area contributed by atoms with Crippen LogP contribution in [-0.2, 0) is 11.3 Å². The summed E-state index contributed by atoms with van der Waals surface area (Å²) < 4.78 is 17.0. The van der Waals surface area contributed by atoms with Gasteiger partial charge in [0.25, 0.3) is 0 Å². The molecule has 0 aromatic heterocycles. The predicted octanol–water partition coefficient (Wildman–Crippen LogP) is 2.22. The summed E-state index contributed by atoms with van der Waals surface area (Å²) in [6.45, 7) is 9.68. The average molecular weight is 390 g/mol. The SMILES string of the molecule is CC(C)(C)OC(=O)N1CCN(C(N)=NCc2cccc3c2OCCCO3)CC1. The number of aliphatic imine (C=N–C) groups is 1. The maximum atomic E-state index is 12.2. The topological polar surface area (TPSA) is 89.6 Å². The van der Waals surface area contributed by atoms with Crippen molar-refractivity contribution in [3.05, 3.63) is 23.8 Å². The van der Waals surface area contributed by atoms with E-state index in [0.29, 0.717) is 51.9 Å². The van der Waals surface area contributed by atoms with E-state index < -0.39 is 5.60 Å². The fourth-order valence-electron chi connectivity index (χ4n) is 3.09. The zero-order valence-electron chi connectivity index (χ0n) is 16.9. The van der Waals surface area contributed by atoms with Crippen molar-refractivity contribution in [3.63, 3.8) is 0 Å². The predicted molar refractivity (Wildman–Crippen MR) is 107 cm³/mol. The maximum absolute atomic E-state index is 12.2. The molecule has 0 spiro atoms. The van der Waals surface area contributed by atoms with Crippen LogP contribution in [0.3, 0.4) is 0 Å². The second-order valence-electron chi connectivity index (χ2n) is 7.92. The Labute approximate surface area is 166 Å². The van der Waals surface area contributed by atoms with Crippen molar-refractivity contribution < 1.29 is 19.0 Å². The Balaban J connectivity index is 1.57. The summed E-state index contributed by atoms with van der Waals surface area (Å²) in [7, 11) is 0. The van der Waals surface area contributed by atoms with E-state index in [1.807, 2.05) is 43.9 Å². The molecular formula is C20H30N4O4. The third kappa shape index (κ3) is 5.21. The normalized spacial score (nSPS) is 17.9. The maximum Gasteiger partial charge on any atom is 0.410 e. The minimum Gasteiger partial charge on any atom is -0.490 e. The van der Waals surface area contributed by atoms with Crippen molar-refractivity contribution in [2.45, 2.75) is 39.3 Å². The molecule has 1 amide bonds. The van der Waals surface area contributed by atoms with Gasteiger partial charge in [-0.25, -0.2) is 9.79 Å². The van der Waals surface area contributed by atoms with Gasteiger partial charge in [0, 0.05) is 38.2 Å². The van der Waals surface area contributed by atoms with Gasteiger partial charge in [-0.2, -0.15) is 0 Å². The minimum absolute atomic E-state index is 0.285. The van der Waals surface area contributed by atoms with E-state index in [-0.39, 0.29) is 6.09 Å². The Bertz CT molecular complexity index is 721. The summed E-state index contributed by atoms with van der Waals surface area (Å²) >= 11 is 0. The Morgan fingerprint density at radius 1 is 1.14 bits per heavy atom. The smallest absolute Gasteiger partial charge is 0.410 e. The molecule has 8 heteroatoms. The first kappa shape index (κ1) is 20.1. The molecule has 0 saturated carbocycles. The number of benzene rings is 1. The van der Waals surface area contributed by atoms with Crippen LogP contribution in [0.2, 0.25) is 0 Å². The molecule has 1 aromatic rings. The van der Waals surface area contributed by atoms with Crippen LogP contribution in [0, 0.1) is 0 Å². The number of nitrogens with two attached hydrogens (primary N) is 1. The van der Waals surface area contributed by atoms with Gasteiger partial charge in [0.2, 0.25) is 0 Å². The third-order valence-corrected chi connectivity index (χ3v) is 4.52. The van der Waals surface area contributed by atoms with E-state index in [0.717, 1.165) is 23.5 Å². The standard InChI is InChI=1S/C20H30N4O4/c1-20(2,3)28-19(25)24-10-8-23(9-11-24)18(21)22-14-15-6-4-7-16-17(15)27-13-5-12-26-16/h4,6-7H,5,8-14H2,1-3H3,(H2,21,22). The molecule has 2 N–H and O–H groups in total. The Morgan fingerprint density at radius 3 is 2.54 bits per heavy atom. The number of guanidine groups is 1. The molecule has 1 aromatic carbocycles. The monoisotopic (exact) mass is 390 g/mol. The van der Waals surface area contributed by atoms with E-state index in [9.17, 15) is 4.79 Å². The molecule has 8 nitrogen and oxygen atoms in total. The summed E-state index contributed by atoms with van der Waals surface area (Å²) in [6, 6.07) is 5.83.